The predicted octanol–water partition coefficient (Wildman–Crippen LogP) is 1.26. The second-order valence-electron chi connectivity index (χ2n) is 5.93. The van der Waals surface area contributed by atoms with Gasteiger partial charge < -0.3 is 10.2 Å². The van der Waals surface area contributed by atoms with E-state index in [1.165, 1.54) is 11.0 Å². The molecule has 2 aliphatic heterocycles. The number of rotatable bonds is 3. The summed E-state index contributed by atoms with van der Waals surface area (Å²) in [5.74, 6) is -0.647. The van der Waals surface area contributed by atoms with E-state index >= 15 is 0 Å². The molecule has 0 aliphatic carbocycles. The van der Waals surface area contributed by atoms with Gasteiger partial charge in [0.15, 0.2) is 0 Å². The smallest absolute Gasteiger partial charge is 0.256 e. The normalized spacial score (nSPS) is 23.0. The number of amides is 2. The van der Waals surface area contributed by atoms with Crippen LogP contribution < -0.4 is 10.0 Å². The summed E-state index contributed by atoms with van der Waals surface area (Å²) in [5, 5.41) is 4.42. The van der Waals surface area contributed by atoms with Crippen LogP contribution in [0.3, 0.4) is 0 Å². The molecule has 3 heterocycles. The molecule has 1 aromatic carbocycles. The van der Waals surface area contributed by atoms with Crippen molar-refractivity contribution >= 4 is 38.9 Å². The maximum absolute atomic E-state index is 12.8. The van der Waals surface area contributed by atoms with Crippen molar-refractivity contribution in [3.8, 4) is 0 Å². The van der Waals surface area contributed by atoms with Gasteiger partial charge in [-0.3, -0.25) is 9.59 Å². The highest BCUT2D eigenvalue weighted by Gasteiger charge is 2.46. The minimum Gasteiger partial charge on any atom is -0.325 e. The van der Waals surface area contributed by atoms with Gasteiger partial charge in [-0.15, -0.1) is 11.3 Å². The Hall–Kier alpha value is -2.23. The highest BCUT2D eigenvalue weighted by molar-refractivity contribution is 7.91. The number of carbonyl (C=O) groups is 2. The monoisotopic (exact) mass is 377 g/mol. The van der Waals surface area contributed by atoms with Crippen molar-refractivity contribution in [2.45, 2.75) is 22.7 Å². The number of hydrogen-bond acceptors (Lipinski definition) is 5. The van der Waals surface area contributed by atoms with E-state index in [1.54, 1.807) is 35.7 Å². The summed E-state index contributed by atoms with van der Waals surface area (Å²) in [6.45, 7) is 0.322. The van der Waals surface area contributed by atoms with Gasteiger partial charge in [0.1, 0.15) is 10.3 Å². The van der Waals surface area contributed by atoms with Crippen LogP contribution in [0.5, 0.6) is 0 Å². The Morgan fingerprint density at radius 3 is 2.72 bits per heavy atom. The number of thiophene rings is 1. The van der Waals surface area contributed by atoms with Crippen molar-refractivity contribution < 1.29 is 18.0 Å². The molecule has 1 saturated heterocycles. The number of anilines is 1. The van der Waals surface area contributed by atoms with Crippen LogP contribution in [0.2, 0.25) is 0 Å². The molecule has 2 amide bonds. The Kier molecular flexibility index (Phi) is 3.86. The topological polar surface area (TPSA) is 95.6 Å². The van der Waals surface area contributed by atoms with E-state index in [4.69, 9.17) is 0 Å². The van der Waals surface area contributed by atoms with Crippen LogP contribution in [0, 0.1) is 0 Å². The lowest BCUT2D eigenvalue weighted by Gasteiger charge is -2.24. The quantitative estimate of drug-likeness (QED) is 0.842. The van der Waals surface area contributed by atoms with Crippen molar-refractivity contribution in [3.05, 3.63) is 47.3 Å². The summed E-state index contributed by atoms with van der Waals surface area (Å²) in [7, 11) is -3.72. The lowest BCUT2D eigenvalue weighted by molar-refractivity contribution is -0.120. The van der Waals surface area contributed by atoms with Crippen LogP contribution in [-0.2, 0) is 14.8 Å². The molecular formula is C16H15N3O4S2. The van der Waals surface area contributed by atoms with E-state index < -0.39 is 22.1 Å². The van der Waals surface area contributed by atoms with Crippen LogP contribution >= 0.6 is 11.3 Å². The van der Waals surface area contributed by atoms with Crippen molar-refractivity contribution in [2.75, 3.05) is 11.9 Å². The third-order valence-electron chi connectivity index (χ3n) is 4.41. The van der Waals surface area contributed by atoms with Crippen LogP contribution in [-0.4, -0.2) is 43.8 Å². The second-order valence-corrected chi connectivity index (χ2v) is 8.82. The van der Waals surface area contributed by atoms with E-state index in [0.29, 0.717) is 24.2 Å². The third-order valence-corrected chi connectivity index (χ3v) is 7.30. The van der Waals surface area contributed by atoms with Gasteiger partial charge in [0.2, 0.25) is 15.9 Å². The molecule has 2 unspecified atom stereocenters. The first-order valence-electron chi connectivity index (χ1n) is 7.74. The summed E-state index contributed by atoms with van der Waals surface area (Å²) in [4.78, 5) is 26.9. The van der Waals surface area contributed by atoms with E-state index in [9.17, 15) is 18.0 Å². The van der Waals surface area contributed by atoms with Gasteiger partial charge >= 0.3 is 0 Å². The number of para-hydroxylation sites is 1. The Morgan fingerprint density at radius 2 is 1.96 bits per heavy atom. The molecular weight excluding hydrogens is 362 g/mol. The van der Waals surface area contributed by atoms with Crippen LogP contribution in [0.4, 0.5) is 5.69 Å². The van der Waals surface area contributed by atoms with Crippen LogP contribution in [0.25, 0.3) is 0 Å². The first-order chi connectivity index (χ1) is 12.0. The van der Waals surface area contributed by atoms with E-state index in [2.05, 4.69) is 10.0 Å². The number of hydrogen-bond donors (Lipinski definition) is 2. The standard InChI is InChI=1S/C16H15N3O4S2/c20-15-14-12(18-25(22,23)13-6-3-9-24-13)7-8-19(14)16(21)10-4-1-2-5-11(10)17-15/h1-6,9,12,14,18H,7-8H2,(H,17,20). The summed E-state index contributed by atoms with van der Waals surface area (Å²) in [6, 6.07) is 8.42. The minimum absolute atomic E-state index is 0.189. The van der Waals surface area contributed by atoms with Gasteiger partial charge in [-0.25, -0.2) is 13.1 Å². The average Bonchev–Trinajstić information content (AvgIpc) is 3.22. The zero-order valence-electron chi connectivity index (χ0n) is 13.0. The Labute approximate surface area is 148 Å². The maximum atomic E-state index is 12.8. The van der Waals surface area contributed by atoms with Gasteiger partial charge in [-0.2, -0.15) is 0 Å². The lowest BCUT2D eigenvalue weighted by atomic mass is 10.1. The van der Waals surface area contributed by atoms with Crippen molar-refractivity contribution in [3.63, 3.8) is 0 Å². The number of nitrogens with one attached hydrogen (secondary N) is 2. The first-order valence-corrected chi connectivity index (χ1v) is 10.1. The molecule has 0 radical (unpaired) electrons. The zero-order chi connectivity index (χ0) is 17.6. The van der Waals surface area contributed by atoms with E-state index in [1.807, 2.05) is 0 Å². The number of benzene rings is 1. The summed E-state index contributed by atoms with van der Waals surface area (Å²) < 4.78 is 27.7. The van der Waals surface area contributed by atoms with E-state index in [-0.39, 0.29) is 16.0 Å². The number of nitrogens with zero attached hydrogens (tertiary/aromatic N) is 1. The van der Waals surface area contributed by atoms with Gasteiger partial charge in [0, 0.05) is 6.54 Å². The molecule has 2 N–H and O–H groups in total. The Morgan fingerprint density at radius 1 is 1.16 bits per heavy atom. The molecule has 2 aromatic rings. The fourth-order valence-corrected chi connectivity index (χ4v) is 5.57. The van der Waals surface area contributed by atoms with Gasteiger partial charge in [0.05, 0.1) is 17.3 Å². The molecule has 2 atom stereocenters. The zero-order valence-corrected chi connectivity index (χ0v) is 14.6. The second kappa shape index (κ2) is 5.94. The highest BCUT2D eigenvalue weighted by atomic mass is 32.2. The number of fused-ring (bicyclic) bond motifs is 2. The molecule has 0 spiro atoms. The molecule has 2 aliphatic rings. The van der Waals surface area contributed by atoms with Crippen LogP contribution in [0.1, 0.15) is 16.8 Å². The highest BCUT2D eigenvalue weighted by Crippen LogP contribution is 2.30. The van der Waals surface area contributed by atoms with Crippen molar-refractivity contribution in [1.29, 1.82) is 0 Å². The molecule has 0 saturated carbocycles. The van der Waals surface area contributed by atoms with Gasteiger partial charge in [0.25, 0.3) is 5.91 Å². The molecule has 0 bridgehead atoms. The fourth-order valence-electron chi connectivity index (χ4n) is 3.28. The molecule has 130 valence electrons. The molecule has 7 nitrogen and oxygen atoms in total. The maximum Gasteiger partial charge on any atom is 0.256 e. The molecule has 1 fully saturated rings. The molecule has 9 heteroatoms. The van der Waals surface area contributed by atoms with Crippen molar-refractivity contribution in [2.24, 2.45) is 0 Å². The average molecular weight is 377 g/mol. The first kappa shape index (κ1) is 16.2. The summed E-state index contributed by atoms with van der Waals surface area (Å²) in [5.41, 5.74) is 0.867. The fraction of sp³-hybridized carbons (Fsp3) is 0.250. The summed E-state index contributed by atoms with van der Waals surface area (Å²) in [6.07, 6.45) is 0.386. The lowest BCUT2D eigenvalue weighted by Crippen LogP contribution is -2.51. The van der Waals surface area contributed by atoms with Crippen LogP contribution in [0.15, 0.2) is 46.0 Å². The SMILES string of the molecule is O=C1Nc2ccccc2C(=O)N2CCC(NS(=O)(=O)c3cccs3)C12. The largest absolute Gasteiger partial charge is 0.325 e. The predicted molar refractivity (Wildman–Crippen MR) is 92.9 cm³/mol. The third kappa shape index (κ3) is 2.74. The van der Waals surface area contributed by atoms with Crippen molar-refractivity contribution in [1.82, 2.24) is 9.62 Å². The minimum atomic E-state index is -3.72. The molecule has 25 heavy (non-hydrogen) atoms. The molecule has 1 aromatic heterocycles. The molecule has 4 rings (SSSR count). The summed E-state index contributed by atoms with van der Waals surface area (Å²) >= 11 is 1.11. The van der Waals surface area contributed by atoms with Gasteiger partial charge in [-0.1, -0.05) is 18.2 Å². The van der Waals surface area contributed by atoms with Gasteiger partial charge in [-0.05, 0) is 30.0 Å². The Balaban J connectivity index is 1.65. The Bertz CT molecular complexity index is 940. The number of carbonyl (C=O) groups excluding carboxylic acids is 2. The van der Waals surface area contributed by atoms with E-state index in [0.717, 1.165) is 11.3 Å². The number of sulfonamides is 1.